The molecular weight excluding hydrogens is 253 g/mol. The van der Waals surface area contributed by atoms with Crippen LogP contribution in [0.15, 0.2) is 42.5 Å². The summed E-state index contributed by atoms with van der Waals surface area (Å²) in [6, 6.07) is 12.9. The Balaban J connectivity index is 2.29. The third-order valence-corrected chi connectivity index (χ3v) is 3.44. The van der Waals surface area contributed by atoms with Gasteiger partial charge in [0.05, 0.1) is 13.2 Å². The maximum atomic E-state index is 13.2. The summed E-state index contributed by atoms with van der Waals surface area (Å²) in [7, 11) is 1.68. The maximum Gasteiger partial charge on any atom is 0.124 e. The van der Waals surface area contributed by atoms with Gasteiger partial charge in [-0.3, -0.25) is 0 Å². The molecule has 0 aliphatic carbocycles. The Hall–Kier alpha value is -2.03. The van der Waals surface area contributed by atoms with Crippen LogP contribution >= 0.6 is 0 Å². The Kier molecular flexibility index (Phi) is 4.61. The molecule has 2 aromatic rings. The zero-order valence-electron chi connectivity index (χ0n) is 12.1. The van der Waals surface area contributed by atoms with E-state index < -0.39 is 0 Å². The molecule has 0 radical (unpaired) electrons. The van der Waals surface area contributed by atoms with E-state index in [2.05, 4.69) is 18.3 Å². The van der Waals surface area contributed by atoms with Gasteiger partial charge in [0.25, 0.3) is 0 Å². The number of methoxy groups -OCH3 is 1. The number of hydrogen-bond acceptors (Lipinski definition) is 2. The molecule has 0 saturated carbocycles. The summed E-state index contributed by atoms with van der Waals surface area (Å²) in [5, 5.41) is 3.47. The molecule has 0 aliphatic rings. The molecule has 0 heterocycles. The second-order valence-corrected chi connectivity index (χ2v) is 4.81. The van der Waals surface area contributed by atoms with Gasteiger partial charge in [0, 0.05) is 11.3 Å². The lowest BCUT2D eigenvalue weighted by Gasteiger charge is -2.22. The Labute approximate surface area is 119 Å². The number of rotatable bonds is 5. The lowest BCUT2D eigenvalue weighted by molar-refractivity contribution is 0.406. The van der Waals surface area contributed by atoms with E-state index in [9.17, 15) is 4.39 Å². The molecule has 1 N–H and O–H groups in total. The van der Waals surface area contributed by atoms with Crippen molar-refractivity contribution in [2.24, 2.45) is 0 Å². The Morgan fingerprint density at radius 1 is 1.20 bits per heavy atom. The normalized spacial score (nSPS) is 12.0. The molecule has 2 rings (SSSR count). The fourth-order valence-corrected chi connectivity index (χ4v) is 2.33. The molecule has 106 valence electrons. The van der Waals surface area contributed by atoms with E-state index in [-0.39, 0.29) is 11.9 Å². The van der Waals surface area contributed by atoms with Crippen LogP contribution < -0.4 is 10.1 Å². The predicted octanol–water partition coefficient (Wildman–Crippen LogP) is 4.71. The molecule has 1 atom stereocenters. The summed E-state index contributed by atoms with van der Waals surface area (Å²) in [4.78, 5) is 0. The number of benzene rings is 2. The van der Waals surface area contributed by atoms with E-state index in [1.165, 1.54) is 12.1 Å². The third-order valence-electron chi connectivity index (χ3n) is 3.44. The molecule has 20 heavy (non-hydrogen) atoms. The summed E-state index contributed by atoms with van der Waals surface area (Å²) in [6.07, 6.45) is 0.914. The molecule has 0 spiro atoms. The number of halogens is 1. The Morgan fingerprint density at radius 3 is 2.60 bits per heavy atom. The minimum absolute atomic E-state index is 0.135. The second kappa shape index (κ2) is 6.42. The van der Waals surface area contributed by atoms with Crippen molar-refractivity contribution in [2.45, 2.75) is 26.3 Å². The van der Waals surface area contributed by atoms with E-state index >= 15 is 0 Å². The quantitative estimate of drug-likeness (QED) is 0.852. The van der Waals surface area contributed by atoms with Crippen LogP contribution in [-0.4, -0.2) is 7.11 Å². The number of hydrogen-bond donors (Lipinski definition) is 1. The topological polar surface area (TPSA) is 21.3 Å². The summed E-state index contributed by atoms with van der Waals surface area (Å²) < 4.78 is 18.6. The van der Waals surface area contributed by atoms with Crippen LogP contribution in [0.25, 0.3) is 0 Å². The number of para-hydroxylation sites is 1. The fraction of sp³-hybridized carbons (Fsp3) is 0.294. The van der Waals surface area contributed by atoms with Crippen LogP contribution in [-0.2, 0) is 0 Å². The Morgan fingerprint density at radius 2 is 1.95 bits per heavy atom. The largest absolute Gasteiger partial charge is 0.496 e. The average Bonchev–Trinajstić information content (AvgIpc) is 2.46. The van der Waals surface area contributed by atoms with Crippen molar-refractivity contribution in [3.63, 3.8) is 0 Å². The minimum Gasteiger partial charge on any atom is -0.496 e. The molecule has 0 aliphatic heterocycles. The lowest BCUT2D eigenvalue weighted by Crippen LogP contribution is -2.11. The van der Waals surface area contributed by atoms with Gasteiger partial charge in [-0.05, 0) is 43.2 Å². The molecular formula is C17H20FNO. The second-order valence-electron chi connectivity index (χ2n) is 4.81. The number of aryl methyl sites for hydroxylation is 1. The van der Waals surface area contributed by atoms with Gasteiger partial charge in [0.15, 0.2) is 0 Å². The molecule has 0 aromatic heterocycles. The van der Waals surface area contributed by atoms with Crippen molar-refractivity contribution >= 4 is 5.69 Å². The summed E-state index contributed by atoms with van der Waals surface area (Å²) in [6.45, 7) is 4.02. The van der Waals surface area contributed by atoms with Crippen molar-refractivity contribution < 1.29 is 9.13 Å². The monoisotopic (exact) mass is 273 g/mol. The smallest absolute Gasteiger partial charge is 0.124 e. The molecule has 2 aromatic carbocycles. The first-order chi connectivity index (χ1) is 9.65. The van der Waals surface area contributed by atoms with Gasteiger partial charge in [-0.25, -0.2) is 4.39 Å². The maximum absolute atomic E-state index is 13.2. The number of ether oxygens (including phenoxy) is 1. The molecule has 0 amide bonds. The lowest BCUT2D eigenvalue weighted by atomic mass is 10.0. The first-order valence-corrected chi connectivity index (χ1v) is 6.81. The highest BCUT2D eigenvalue weighted by Gasteiger charge is 2.14. The van der Waals surface area contributed by atoms with Gasteiger partial charge < -0.3 is 10.1 Å². The molecule has 2 nitrogen and oxygen atoms in total. The minimum atomic E-state index is -0.210. The van der Waals surface area contributed by atoms with Crippen LogP contribution in [0.3, 0.4) is 0 Å². The molecule has 0 saturated heterocycles. The zero-order valence-corrected chi connectivity index (χ0v) is 12.1. The van der Waals surface area contributed by atoms with E-state index in [0.717, 1.165) is 29.0 Å². The van der Waals surface area contributed by atoms with E-state index in [0.29, 0.717) is 0 Å². The Bertz CT molecular complexity index is 583. The first-order valence-electron chi connectivity index (χ1n) is 6.81. The van der Waals surface area contributed by atoms with E-state index in [1.807, 2.05) is 25.1 Å². The van der Waals surface area contributed by atoms with Crippen molar-refractivity contribution in [1.29, 1.82) is 0 Å². The standard InChI is InChI=1S/C17H20FNO/c1-4-15(14-7-5-6-8-17(14)20-3)19-16-10-9-13(18)11-12(16)2/h5-11,15,19H,4H2,1-3H3. The van der Waals surface area contributed by atoms with Gasteiger partial charge in [-0.15, -0.1) is 0 Å². The number of nitrogens with one attached hydrogen (secondary N) is 1. The molecule has 3 heteroatoms. The fourth-order valence-electron chi connectivity index (χ4n) is 2.33. The van der Waals surface area contributed by atoms with Gasteiger partial charge >= 0.3 is 0 Å². The SMILES string of the molecule is CCC(Nc1ccc(F)cc1C)c1ccccc1OC. The number of anilines is 1. The third kappa shape index (κ3) is 3.10. The van der Waals surface area contributed by atoms with Gasteiger partial charge in [-0.1, -0.05) is 25.1 Å². The molecule has 0 fully saturated rings. The molecule has 1 unspecified atom stereocenters. The van der Waals surface area contributed by atoms with Crippen LogP contribution in [0.2, 0.25) is 0 Å². The highest BCUT2D eigenvalue weighted by molar-refractivity contribution is 5.53. The highest BCUT2D eigenvalue weighted by Crippen LogP contribution is 2.31. The van der Waals surface area contributed by atoms with Gasteiger partial charge in [-0.2, -0.15) is 0 Å². The van der Waals surface area contributed by atoms with Crippen LogP contribution in [0.5, 0.6) is 5.75 Å². The van der Waals surface area contributed by atoms with E-state index in [1.54, 1.807) is 13.2 Å². The summed E-state index contributed by atoms with van der Waals surface area (Å²) in [5.74, 6) is 0.657. The zero-order chi connectivity index (χ0) is 14.5. The van der Waals surface area contributed by atoms with E-state index in [4.69, 9.17) is 4.74 Å². The van der Waals surface area contributed by atoms with Crippen molar-refractivity contribution in [3.8, 4) is 5.75 Å². The van der Waals surface area contributed by atoms with Crippen LogP contribution in [0.4, 0.5) is 10.1 Å². The summed E-state index contributed by atoms with van der Waals surface area (Å²) >= 11 is 0. The van der Waals surface area contributed by atoms with Crippen molar-refractivity contribution in [3.05, 3.63) is 59.4 Å². The van der Waals surface area contributed by atoms with Gasteiger partial charge in [0.1, 0.15) is 11.6 Å². The van der Waals surface area contributed by atoms with Crippen molar-refractivity contribution in [1.82, 2.24) is 0 Å². The summed E-state index contributed by atoms with van der Waals surface area (Å²) in [5.41, 5.74) is 2.96. The first kappa shape index (κ1) is 14.4. The highest BCUT2D eigenvalue weighted by atomic mass is 19.1. The average molecular weight is 273 g/mol. The van der Waals surface area contributed by atoms with Crippen LogP contribution in [0.1, 0.15) is 30.5 Å². The molecule has 0 bridgehead atoms. The van der Waals surface area contributed by atoms with Gasteiger partial charge in [0.2, 0.25) is 0 Å². The van der Waals surface area contributed by atoms with Crippen LogP contribution in [0, 0.1) is 12.7 Å². The van der Waals surface area contributed by atoms with Crippen molar-refractivity contribution in [2.75, 3.05) is 12.4 Å². The predicted molar refractivity (Wildman–Crippen MR) is 80.8 cm³/mol.